The summed E-state index contributed by atoms with van der Waals surface area (Å²) in [4.78, 5) is 31.7. The molecule has 1 aliphatic heterocycles. The van der Waals surface area contributed by atoms with Gasteiger partial charge in [0, 0.05) is 49.0 Å². The largest absolute Gasteiger partial charge is 0.371 e. The molecule has 2 N–H and O–H groups in total. The highest BCUT2D eigenvalue weighted by Gasteiger charge is 2.19. The number of carbonyl (C=O) groups excluding carboxylic acids is 2. The second-order valence-electron chi connectivity index (χ2n) is 8.32. The molecule has 34 heavy (non-hydrogen) atoms. The minimum atomic E-state index is -0.386. The fourth-order valence-corrected chi connectivity index (χ4v) is 4.53. The van der Waals surface area contributed by atoms with Gasteiger partial charge in [-0.25, -0.2) is 0 Å². The van der Waals surface area contributed by atoms with Crippen LogP contribution in [0.15, 0.2) is 67.0 Å². The molecule has 2 heterocycles. The fraction of sp³-hybridized carbons (Fsp3) is 0.269. The van der Waals surface area contributed by atoms with Crippen LogP contribution in [0.2, 0.25) is 10.0 Å². The first kappa shape index (κ1) is 24.0. The summed E-state index contributed by atoms with van der Waals surface area (Å²) < 4.78 is 0. The lowest BCUT2D eigenvalue weighted by Gasteiger charge is -2.33. The molecule has 3 aromatic rings. The SMILES string of the molecule is O=C(NCCC1CCN(c2ccncc2)CC1)c1cccc(NC(=O)c2cccc(Cl)c2Cl)c1. The van der Waals surface area contributed by atoms with Gasteiger partial charge in [-0.2, -0.15) is 0 Å². The van der Waals surface area contributed by atoms with E-state index >= 15 is 0 Å². The van der Waals surface area contributed by atoms with E-state index in [0.29, 0.717) is 28.7 Å². The Kier molecular flexibility index (Phi) is 8.03. The topological polar surface area (TPSA) is 74.3 Å². The van der Waals surface area contributed by atoms with E-state index in [0.717, 1.165) is 32.4 Å². The number of benzene rings is 2. The summed E-state index contributed by atoms with van der Waals surface area (Å²) >= 11 is 12.1. The van der Waals surface area contributed by atoms with Crippen LogP contribution in [0.4, 0.5) is 11.4 Å². The van der Waals surface area contributed by atoms with Crippen LogP contribution < -0.4 is 15.5 Å². The third-order valence-corrected chi connectivity index (χ3v) is 6.88. The van der Waals surface area contributed by atoms with Crippen LogP contribution in [-0.4, -0.2) is 36.4 Å². The number of nitrogens with zero attached hydrogens (tertiary/aromatic N) is 2. The van der Waals surface area contributed by atoms with Crippen molar-refractivity contribution < 1.29 is 9.59 Å². The fourth-order valence-electron chi connectivity index (χ4n) is 4.14. The average Bonchev–Trinajstić information content (AvgIpc) is 2.86. The number of nitrogens with one attached hydrogen (secondary N) is 2. The highest BCUT2D eigenvalue weighted by Crippen LogP contribution is 2.27. The molecule has 1 saturated heterocycles. The molecule has 0 radical (unpaired) electrons. The molecule has 2 amide bonds. The van der Waals surface area contributed by atoms with Crippen LogP contribution in [0.1, 0.15) is 40.0 Å². The Morgan fingerprint density at radius 3 is 2.47 bits per heavy atom. The molecule has 0 spiro atoms. The van der Waals surface area contributed by atoms with Crippen molar-refractivity contribution >= 4 is 46.4 Å². The van der Waals surface area contributed by atoms with Gasteiger partial charge in [0.1, 0.15) is 0 Å². The standard InChI is InChI=1S/C26H26Cl2N4O2/c27-23-6-2-5-22(24(23)28)26(34)31-20-4-1-3-19(17-20)25(33)30-14-7-18-10-15-32(16-11-18)21-8-12-29-13-9-21/h1-6,8-9,12-13,17-18H,7,10-11,14-16H2,(H,30,33)(H,31,34). The van der Waals surface area contributed by atoms with Crippen LogP contribution in [-0.2, 0) is 0 Å². The monoisotopic (exact) mass is 496 g/mol. The number of carbonyl (C=O) groups is 2. The van der Waals surface area contributed by atoms with E-state index < -0.39 is 0 Å². The Morgan fingerprint density at radius 2 is 1.71 bits per heavy atom. The van der Waals surface area contributed by atoms with E-state index in [1.807, 2.05) is 24.5 Å². The molecule has 0 saturated carbocycles. The third-order valence-electron chi connectivity index (χ3n) is 6.06. The molecule has 4 rings (SSSR count). The van der Waals surface area contributed by atoms with Crippen molar-refractivity contribution in [2.75, 3.05) is 29.9 Å². The number of hydrogen-bond donors (Lipinski definition) is 2. The molecule has 8 heteroatoms. The van der Waals surface area contributed by atoms with Crippen molar-refractivity contribution in [3.05, 3.63) is 88.2 Å². The zero-order valence-electron chi connectivity index (χ0n) is 18.6. The molecule has 1 aromatic heterocycles. The number of pyridine rings is 1. The molecule has 2 aromatic carbocycles. The van der Waals surface area contributed by atoms with E-state index in [-0.39, 0.29) is 22.4 Å². The number of anilines is 2. The van der Waals surface area contributed by atoms with E-state index in [2.05, 4.69) is 20.5 Å². The first-order chi connectivity index (χ1) is 16.5. The van der Waals surface area contributed by atoms with Crippen LogP contribution in [0.5, 0.6) is 0 Å². The third kappa shape index (κ3) is 6.07. The number of aromatic nitrogens is 1. The maximum absolute atomic E-state index is 12.7. The van der Waals surface area contributed by atoms with Gasteiger partial charge in [0.25, 0.3) is 11.8 Å². The average molecular weight is 497 g/mol. The number of amides is 2. The molecule has 0 bridgehead atoms. The van der Waals surface area contributed by atoms with Crippen LogP contribution in [0.25, 0.3) is 0 Å². The summed E-state index contributed by atoms with van der Waals surface area (Å²) in [6.45, 7) is 2.65. The molecular formula is C26H26Cl2N4O2. The molecule has 176 valence electrons. The van der Waals surface area contributed by atoms with Crippen LogP contribution in [0.3, 0.4) is 0 Å². The van der Waals surface area contributed by atoms with Crippen molar-refractivity contribution in [3.8, 4) is 0 Å². The van der Waals surface area contributed by atoms with Gasteiger partial charge >= 0.3 is 0 Å². The second kappa shape index (κ2) is 11.4. The molecule has 1 fully saturated rings. The van der Waals surface area contributed by atoms with Crippen LogP contribution >= 0.6 is 23.2 Å². The molecule has 0 atom stereocenters. The summed E-state index contributed by atoms with van der Waals surface area (Å²) in [6, 6.07) is 15.8. The summed E-state index contributed by atoms with van der Waals surface area (Å²) in [6.07, 6.45) is 6.80. The van der Waals surface area contributed by atoms with Gasteiger partial charge in [-0.05, 0) is 67.6 Å². The molecule has 0 unspecified atom stereocenters. The minimum absolute atomic E-state index is 0.161. The van der Waals surface area contributed by atoms with Gasteiger partial charge in [-0.15, -0.1) is 0 Å². The smallest absolute Gasteiger partial charge is 0.257 e. The lowest BCUT2D eigenvalue weighted by atomic mass is 9.93. The van der Waals surface area contributed by atoms with E-state index in [9.17, 15) is 9.59 Å². The summed E-state index contributed by atoms with van der Waals surface area (Å²) in [5, 5.41) is 6.29. The zero-order valence-corrected chi connectivity index (χ0v) is 20.1. The van der Waals surface area contributed by atoms with Crippen LogP contribution in [0, 0.1) is 5.92 Å². The predicted molar refractivity (Wildman–Crippen MR) is 137 cm³/mol. The van der Waals surface area contributed by atoms with E-state index in [1.54, 1.807) is 42.5 Å². The Labute approximate surface area is 209 Å². The summed E-state index contributed by atoms with van der Waals surface area (Å²) in [5.74, 6) is 0.0423. The highest BCUT2D eigenvalue weighted by molar-refractivity contribution is 6.44. The zero-order chi connectivity index (χ0) is 23.9. The van der Waals surface area contributed by atoms with Gasteiger partial charge in [0.05, 0.1) is 15.6 Å². The molecule has 6 nitrogen and oxygen atoms in total. The van der Waals surface area contributed by atoms with E-state index in [1.165, 1.54) is 5.69 Å². The van der Waals surface area contributed by atoms with Gasteiger partial charge in [-0.3, -0.25) is 14.6 Å². The number of halogens is 2. The van der Waals surface area contributed by atoms with Crippen molar-refractivity contribution in [3.63, 3.8) is 0 Å². The van der Waals surface area contributed by atoms with Gasteiger partial charge in [0.15, 0.2) is 0 Å². The van der Waals surface area contributed by atoms with Gasteiger partial charge < -0.3 is 15.5 Å². The lowest BCUT2D eigenvalue weighted by molar-refractivity contribution is 0.0949. The number of piperidine rings is 1. The van der Waals surface area contributed by atoms with Crippen molar-refractivity contribution in [2.45, 2.75) is 19.3 Å². The normalized spacial score (nSPS) is 14.0. The second-order valence-corrected chi connectivity index (χ2v) is 9.10. The Bertz CT molecular complexity index is 1150. The van der Waals surface area contributed by atoms with Crippen molar-refractivity contribution in [1.29, 1.82) is 0 Å². The predicted octanol–water partition coefficient (Wildman–Crippen LogP) is 5.68. The molecule has 0 aliphatic carbocycles. The summed E-state index contributed by atoms with van der Waals surface area (Å²) in [7, 11) is 0. The number of rotatable bonds is 7. The first-order valence-corrected chi connectivity index (χ1v) is 12.1. The molecular weight excluding hydrogens is 471 g/mol. The van der Waals surface area contributed by atoms with Gasteiger partial charge in [0.2, 0.25) is 0 Å². The maximum Gasteiger partial charge on any atom is 0.257 e. The number of hydrogen-bond acceptors (Lipinski definition) is 4. The Morgan fingerprint density at radius 1 is 0.971 bits per heavy atom. The van der Waals surface area contributed by atoms with Gasteiger partial charge in [-0.1, -0.05) is 35.3 Å². The van der Waals surface area contributed by atoms with Crippen molar-refractivity contribution in [2.24, 2.45) is 5.92 Å². The Balaban J connectivity index is 1.25. The first-order valence-electron chi connectivity index (χ1n) is 11.3. The Hall–Kier alpha value is -3.09. The van der Waals surface area contributed by atoms with E-state index in [4.69, 9.17) is 23.2 Å². The lowest BCUT2D eigenvalue weighted by Crippen LogP contribution is -2.35. The minimum Gasteiger partial charge on any atom is -0.371 e. The summed E-state index contributed by atoms with van der Waals surface area (Å²) in [5.41, 5.74) is 2.49. The highest BCUT2D eigenvalue weighted by atomic mass is 35.5. The quantitative estimate of drug-likeness (QED) is 0.441. The molecule has 1 aliphatic rings. The van der Waals surface area contributed by atoms with Crippen molar-refractivity contribution in [1.82, 2.24) is 10.3 Å². The maximum atomic E-state index is 12.7.